The van der Waals surface area contributed by atoms with Crippen molar-refractivity contribution in [3.05, 3.63) is 0 Å². The minimum atomic E-state index is -1.79. The lowest BCUT2D eigenvalue weighted by molar-refractivity contribution is -0.335. The van der Waals surface area contributed by atoms with Crippen molar-refractivity contribution < 1.29 is 58.7 Å². The number of aliphatic hydroxyl groups excluding tert-OH is 2. The molecule has 0 aromatic heterocycles. The minimum absolute atomic E-state index is 0.0950. The number of cyclic esters (lactones) is 1. The number of esters is 1. The molecule has 15 nitrogen and oxygen atoms in total. The zero-order valence-corrected chi connectivity index (χ0v) is 34.5. The second kappa shape index (κ2) is 17.8. The van der Waals surface area contributed by atoms with E-state index in [1.165, 1.54) is 14.0 Å². The molecule has 0 radical (unpaired) electrons. The molecule has 316 valence electrons. The van der Waals surface area contributed by atoms with Gasteiger partial charge >= 0.3 is 5.97 Å². The number of methoxy groups -OCH3 is 1. The van der Waals surface area contributed by atoms with Gasteiger partial charge in [-0.05, 0) is 86.5 Å². The molecule has 9 N–H and O–H groups in total. The number of hydrogen-bond acceptors (Lipinski definition) is 15. The van der Waals surface area contributed by atoms with Crippen molar-refractivity contribution in [3.8, 4) is 0 Å². The molecule has 0 aromatic rings. The van der Waals surface area contributed by atoms with Gasteiger partial charge in [-0.2, -0.15) is 0 Å². The number of nitrogens with two attached hydrogens (primary N) is 1. The summed E-state index contributed by atoms with van der Waals surface area (Å²) in [7, 11) is 1.54. The van der Waals surface area contributed by atoms with Gasteiger partial charge in [0.15, 0.2) is 12.6 Å². The molecule has 4 fully saturated rings. The van der Waals surface area contributed by atoms with Crippen LogP contribution in [0, 0.1) is 17.8 Å². The molecule has 4 rings (SSSR count). The van der Waals surface area contributed by atoms with Crippen LogP contribution in [0.4, 0.5) is 0 Å². The fourth-order valence-corrected chi connectivity index (χ4v) is 8.87. The summed E-state index contributed by atoms with van der Waals surface area (Å²) in [5.41, 5.74) is 0.346. The van der Waals surface area contributed by atoms with E-state index in [1.54, 1.807) is 41.5 Å². The second-order valence-corrected chi connectivity index (χ2v) is 17.8. The van der Waals surface area contributed by atoms with Crippen molar-refractivity contribution in [3.63, 3.8) is 0 Å². The van der Waals surface area contributed by atoms with E-state index in [0.717, 1.165) is 12.8 Å². The van der Waals surface area contributed by atoms with Crippen LogP contribution in [0.2, 0.25) is 0 Å². The van der Waals surface area contributed by atoms with E-state index in [-0.39, 0.29) is 44.5 Å². The highest BCUT2D eigenvalue weighted by molar-refractivity contribution is 5.73. The maximum atomic E-state index is 14.2. The summed E-state index contributed by atoms with van der Waals surface area (Å²) in [6.07, 6.45) is -6.00. The predicted octanol–water partition coefficient (Wildman–Crippen LogP) is 1.08. The first-order valence-corrected chi connectivity index (χ1v) is 20.1. The first-order valence-electron chi connectivity index (χ1n) is 20.1. The average molecular weight is 776 g/mol. The van der Waals surface area contributed by atoms with E-state index in [2.05, 4.69) is 10.6 Å². The standard InChI is InChI=1S/C39H73N3O12/c1-12-28-38(10,47)32(44)20(2)18-41-21(3)16-36(8,46)33(54-35-30(43)27(40)15-22(4)50-35)23(5)31(24(6)34(45)52-28)53-29-17-37(9,49-11)39(48,25(7)51-29)19-42-26-13-14-26/h20-33,35,41-44,46-48H,12-19,40H2,1-11H3/t20-,21-,22-,23-,24-,25+,27+,28+,29?,30-,31-,32+,33-,35+,36-,37-,38-,39+/m1/s1. The summed E-state index contributed by atoms with van der Waals surface area (Å²) >= 11 is 0. The fraction of sp³-hybridized carbons (Fsp3) is 0.974. The third-order valence-electron chi connectivity index (χ3n) is 12.9. The lowest BCUT2D eigenvalue weighted by Crippen LogP contribution is -2.70. The van der Waals surface area contributed by atoms with Gasteiger partial charge in [-0.15, -0.1) is 0 Å². The smallest absolute Gasteiger partial charge is 0.311 e. The highest BCUT2D eigenvalue weighted by atomic mass is 16.7. The number of nitrogens with one attached hydrogen (secondary N) is 2. The number of aliphatic hydroxyl groups is 5. The highest BCUT2D eigenvalue weighted by Crippen LogP contribution is 2.43. The summed E-state index contributed by atoms with van der Waals surface area (Å²) in [5.74, 6) is -2.99. The quantitative estimate of drug-likeness (QED) is 0.154. The Morgan fingerprint density at radius 1 is 0.981 bits per heavy atom. The Kier molecular flexibility index (Phi) is 15.1. The van der Waals surface area contributed by atoms with Crippen LogP contribution in [0.1, 0.15) is 108 Å². The SMILES string of the molecule is CC[C@@H]1OC(=O)[C@H](C)[C@H](OC2C[C@@](C)(OC)[C@](O)(CNC3CC3)[C@H](C)O2)[C@@H](C)[C@@H](O[C@@H]2O[C@H](C)C[C@H](N)[C@H]2O)[C@](C)(O)C[C@@H](C)NC[C@@H](C)[C@H](O)[C@]1(C)O. The van der Waals surface area contributed by atoms with Crippen LogP contribution in [-0.2, 0) is 33.2 Å². The highest BCUT2D eigenvalue weighted by Gasteiger charge is 2.58. The van der Waals surface area contributed by atoms with E-state index >= 15 is 0 Å². The Morgan fingerprint density at radius 2 is 1.63 bits per heavy atom. The molecule has 1 unspecified atom stereocenters. The van der Waals surface area contributed by atoms with Crippen molar-refractivity contribution in [2.75, 3.05) is 20.2 Å². The monoisotopic (exact) mass is 776 g/mol. The van der Waals surface area contributed by atoms with Gasteiger partial charge in [-0.25, -0.2) is 0 Å². The Hall–Kier alpha value is -1.05. The Bertz CT molecular complexity index is 1230. The number of rotatable bonds is 9. The van der Waals surface area contributed by atoms with Crippen molar-refractivity contribution in [1.82, 2.24) is 10.6 Å². The maximum absolute atomic E-state index is 14.2. The van der Waals surface area contributed by atoms with E-state index in [0.29, 0.717) is 12.5 Å². The molecule has 1 saturated carbocycles. The molecule has 3 heterocycles. The number of carbonyl (C=O) groups excluding carboxylic acids is 1. The van der Waals surface area contributed by atoms with Crippen LogP contribution < -0.4 is 16.4 Å². The third kappa shape index (κ3) is 9.96. The summed E-state index contributed by atoms with van der Waals surface area (Å²) in [6.45, 7) is 17.9. The topological polar surface area (TPSA) is 224 Å². The first-order chi connectivity index (χ1) is 25.0. The van der Waals surface area contributed by atoms with Gasteiger partial charge < -0.3 is 70.3 Å². The van der Waals surface area contributed by atoms with Crippen LogP contribution in [0.5, 0.6) is 0 Å². The Balaban J connectivity index is 1.77. The molecule has 3 saturated heterocycles. The van der Waals surface area contributed by atoms with Crippen molar-refractivity contribution in [1.29, 1.82) is 0 Å². The third-order valence-corrected chi connectivity index (χ3v) is 12.9. The zero-order chi connectivity index (χ0) is 40.6. The van der Waals surface area contributed by atoms with Crippen LogP contribution in [0.3, 0.4) is 0 Å². The summed E-state index contributed by atoms with van der Waals surface area (Å²) in [4.78, 5) is 14.2. The van der Waals surface area contributed by atoms with Crippen molar-refractivity contribution in [2.45, 2.75) is 204 Å². The zero-order valence-electron chi connectivity index (χ0n) is 34.5. The number of ether oxygens (including phenoxy) is 6. The van der Waals surface area contributed by atoms with Gasteiger partial charge in [0.1, 0.15) is 29.0 Å². The molecule has 18 atom stereocenters. The summed E-state index contributed by atoms with van der Waals surface area (Å²) in [5, 5.41) is 65.3. The van der Waals surface area contributed by atoms with Crippen molar-refractivity contribution >= 4 is 5.97 Å². The van der Waals surface area contributed by atoms with Crippen LogP contribution >= 0.6 is 0 Å². The van der Waals surface area contributed by atoms with Gasteiger partial charge in [0.25, 0.3) is 0 Å². The number of hydrogen-bond donors (Lipinski definition) is 8. The summed E-state index contributed by atoms with van der Waals surface area (Å²) in [6, 6.07) is -0.613. The molecular formula is C39H73N3O12. The normalized spacial score (nSPS) is 50.5. The Labute approximate surface area is 322 Å². The second-order valence-electron chi connectivity index (χ2n) is 17.8. The van der Waals surface area contributed by atoms with Gasteiger partial charge in [0, 0.05) is 50.7 Å². The molecule has 0 spiro atoms. The van der Waals surface area contributed by atoms with Gasteiger partial charge in [0.2, 0.25) is 0 Å². The van der Waals surface area contributed by atoms with E-state index in [9.17, 15) is 30.3 Å². The van der Waals surface area contributed by atoms with Crippen LogP contribution in [0.25, 0.3) is 0 Å². The lowest BCUT2D eigenvalue weighted by atomic mass is 9.75. The largest absolute Gasteiger partial charge is 0.459 e. The molecule has 0 amide bonds. The van der Waals surface area contributed by atoms with E-state index in [1.807, 2.05) is 20.8 Å². The fourth-order valence-electron chi connectivity index (χ4n) is 8.87. The van der Waals surface area contributed by atoms with Crippen LogP contribution in [-0.4, -0.2) is 148 Å². The lowest BCUT2D eigenvalue weighted by Gasteiger charge is -2.53. The molecule has 54 heavy (non-hydrogen) atoms. The Morgan fingerprint density at radius 3 is 2.22 bits per heavy atom. The van der Waals surface area contributed by atoms with E-state index in [4.69, 9.17) is 34.2 Å². The van der Waals surface area contributed by atoms with Crippen LogP contribution in [0.15, 0.2) is 0 Å². The van der Waals surface area contributed by atoms with Crippen molar-refractivity contribution in [2.24, 2.45) is 23.5 Å². The molecular weight excluding hydrogens is 702 g/mol. The molecule has 15 heteroatoms. The van der Waals surface area contributed by atoms with Gasteiger partial charge in [-0.1, -0.05) is 20.8 Å². The summed E-state index contributed by atoms with van der Waals surface area (Å²) < 4.78 is 37.9. The maximum Gasteiger partial charge on any atom is 0.311 e. The molecule has 0 aromatic carbocycles. The van der Waals surface area contributed by atoms with E-state index < -0.39 is 101 Å². The molecule has 4 aliphatic rings. The first kappa shape index (κ1) is 45.6. The van der Waals surface area contributed by atoms with Gasteiger partial charge in [0.05, 0.1) is 42.0 Å². The predicted molar refractivity (Wildman–Crippen MR) is 200 cm³/mol. The molecule has 1 aliphatic carbocycles. The average Bonchev–Trinajstić information content (AvgIpc) is 3.93. The minimum Gasteiger partial charge on any atom is -0.459 e. The number of carbonyl (C=O) groups is 1. The molecule has 3 aliphatic heterocycles. The molecule has 0 bridgehead atoms. The van der Waals surface area contributed by atoms with Gasteiger partial charge in [-0.3, -0.25) is 4.79 Å².